The summed E-state index contributed by atoms with van der Waals surface area (Å²) in [6.07, 6.45) is 0. The fraction of sp³-hybridized carbons (Fsp3) is 0.133. The summed E-state index contributed by atoms with van der Waals surface area (Å²) in [5, 5.41) is 3.09. The second kappa shape index (κ2) is 5.87. The number of hydrogen-bond acceptors (Lipinski definition) is 3. The first-order chi connectivity index (χ1) is 8.79. The molecule has 0 saturated heterocycles. The van der Waals surface area contributed by atoms with Crippen molar-refractivity contribution in [1.82, 2.24) is 0 Å². The molecular formula is C15H15NO2. The van der Waals surface area contributed by atoms with Crippen LogP contribution in [0, 0.1) is 0 Å². The first kappa shape index (κ1) is 12.2. The Morgan fingerprint density at radius 2 is 1.89 bits per heavy atom. The van der Waals surface area contributed by atoms with Crippen LogP contribution in [0.3, 0.4) is 0 Å². The second-order valence-electron chi connectivity index (χ2n) is 3.87. The van der Waals surface area contributed by atoms with Crippen molar-refractivity contribution >= 4 is 11.5 Å². The minimum Gasteiger partial charge on any atom is -0.497 e. The van der Waals surface area contributed by atoms with Crippen LogP contribution in [0.2, 0.25) is 0 Å². The lowest BCUT2D eigenvalue weighted by atomic mass is 10.1. The molecule has 3 heteroatoms. The number of anilines is 1. The van der Waals surface area contributed by atoms with E-state index in [9.17, 15) is 4.79 Å². The van der Waals surface area contributed by atoms with Gasteiger partial charge in [-0.1, -0.05) is 30.3 Å². The third kappa shape index (κ3) is 3.10. The van der Waals surface area contributed by atoms with Crippen molar-refractivity contribution in [3.8, 4) is 5.75 Å². The molecule has 0 spiro atoms. The number of Topliss-reactive ketones (excluding diaryl/α,β-unsaturated/α-hetero) is 1. The topological polar surface area (TPSA) is 38.3 Å². The van der Waals surface area contributed by atoms with E-state index in [1.165, 1.54) is 0 Å². The van der Waals surface area contributed by atoms with Crippen LogP contribution in [-0.2, 0) is 0 Å². The lowest BCUT2D eigenvalue weighted by Gasteiger charge is -2.06. The molecular weight excluding hydrogens is 226 g/mol. The van der Waals surface area contributed by atoms with E-state index in [-0.39, 0.29) is 12.3 Å². The van der Waals surface area contributed by atoms with E-state index < -0.39 is 0 Å². The third-order valence-electron chi connectivity index (χ3n) is 2.62. The van der Waals surface area contributed by atoms with Crippen molar-refractivity contribution in [2.24, 2.45) is 0 Å². The van der Waals surface area contributed by atoms with Gasteiger partial charge in [0.1, 0.15) is 5.75 Å². The number of hydrogen-bond donors (Lipinski definition) is 1. The van der Waals surface area contributed by atoms with E-state index in [4.69, 9.17) is 4.74 Å². The third-order valence-corrected chi connectivity index (χ3v) is 2.62. The highest BCUT2D eigenvalue weighted by Crippen LogP contribution is 2.13. The van der Waals surface area contributed by atoms with Crippen molar-refractivity contribution in [2.45, 2.75) is 0 Å². The molecule has 0 amide bonds. The molecule has 2 aromatic carbocycles. The highest BCUT2D eigenvalue weighted by atomic mass is 16.5. The van der Waals surface area contributed by atoms with Crippen LogP contribution in [-0.4, -0.2) is 19.4 Å². The van der Waals surface area contributed by atoms with Gasteiger partial charge in [0.2, 0.25) is 0 Å². The molecule has 0 radical (unpaired) electrons. The predicted molar refractivity (Wildman–Crippen MR) is 72.3 cm³/mol. The van der Waals surface area contributed by atoms with Crippen LogP contribution in [0.15, 0.2) is 54.6 Å². The van der Waals surface area contributed by atoms with E-state index in [1.54, 1.807) is 19.2 Å². The molecule has 0 fully saturated rings. The van der Waals surface area contributed by atoms with Gasteiger partial charge < -0.3 is 10.1 Å². The van der Waals surface area contributed by atoms with E-state index in [2.05, 4.69) is 5.32 Å². The maximum Gasteiger partial charge on any atom is 0.181 e. The summed E-state index contributed by atoms with van der Waals surface area (Å²) in [6, 6.07) is 16.8. The number of benzene rings is 2. The summed E-state index contributed by atoms with van der Waals surface area (Å²) < 4.78 is 5.10. The van der Waals surface area contributed by atoms with Gasteiger partial charge in [0.25, 0.3) is 0 Å². The fourth-order valence-electron chi connectivity index (χ4n) is 1.64. The monoisotopic (exact) mass is 241 g/mol. The highest BCUT2D eigenvalue weighted by molar-refractivity contribution is 5.99. The Morgan fingerprint density at radius 1 is 1.11 bits per heavy atom. The summed E-state index contributed by atoms with van der Waals surface area (Å²) in [7, 11) is 1.59. The zero-order valence-electron chi connectivity index (χ0n) is 10.2. The largest absolute Gasteiger partial charge is 0.497 e. The summed E-state index contributed by atoms with van der Waals surface area (Å²) in [4.78, 5) is 12.0. The van der Waals surface area contributed by atoms with Crippen molar-refractivity contribution in [2.75, 3.05) is 19.0 Å². The van der Waals surface area contributed by atoms with Gasteiger partial charge in [0, 0.05) is 11.3 Å². The zero-order valence-corrected chi connectivity index (χ0v) is 10.2. The van der Waals surface area contributed by atoms with Gasteiger partial charge >= 0.3 is 0 Å². The standard InChI is InChI=1S/C15H15NO2/c1-18-14-9-5-6-12(10-14)15(17)11-16-13-7-3-2-4-8-13/h2-10,16H,11H2,1H3. The van der Waals surface area contributed by atoms with Crippen LogP contribution < -0.4 is 10.1 Å². The SMILES string of the molecule is COc1cccc(C(=O)CNc2ccccc2)c1. The highest BCUT2D eigenvalue weighted by Gasteiger charge is 2.06. The van der Waals surface area contributed by atoms with Crippen molar-refractivity contribution < 1.29 is 9.53 Å². The number of methoxy groups -OCH3 is 1. The quantitative estimate of drug-likeness (QED) is 0.818. The van der Waals surface area contributed by atoms with E-state index >= 15 is 0 Å². The molecule has 0 aromatic heterocycles. The van der Waals surface area contributed by atoms with Gasteiger partial charge in [-0.2, -0.15) is 0 Å². The van der Waals surface area contributed by atoms with Crippen LogP contribution in [0.25, 0.3) is 0 Å². The number of rotatable bonds is 5. The van der Waals surface area contributed by atoms with Gasteiger partial charge in [0.15, 0.2) is 5.78 Å². The molecule has 0 aliphatic rings. The van der Waals surface area contributed by atoms with E-state index in [1.807, 2.05) is 42.5 Å². The molecule has 0 unspecified atom stereocenters. The summed E-state index contributed by atoms with van der Waals surface area (Å²) in [5.41, 5.74) is 1.59. The maximum atomic E-state index is 12.0. The van der Waals surface area contributed by atoms with Crippen LogP contribution in [0.1, 0.15) is 10.4 Å². The Balaban J connectivity index is 1.99. The van der Waals surface area contributed by atoms with Crippen molar-refractivity contribution in [3.05, 3.63) is 60.2 Å². The Kier molecular flexibility index (Phi) is 3.97. The molecule has 3 nitrogen and oxygen atoms in total. The van der Waals surface area contributed by atoms with Crippen LogP contribution in [0.4, 0.5) is 5.69 Å². The number of para-hydroxylation sites is 1. The number of carbonyl (C=O) groups excluding carboxylic acids is 1. The number of ketones is 1. The molecule has 0 aliphatic heterocycles. The smallest absolute Gasteiger partial charge is 0.181 e. The second-order valence-corrected chi connectivity index (χ2v) is 3.87. The summed E-state index contributed by atoms with van der Waals surface area (Å²) in [5.74, 6) is 0.735. The Labute approximate surface area is 106 Å². The molecule has 0 saturated carbocycles. The molecule has 18 heavy (non-hydrogen) atoms. The Hall–Kier alpha value is -2.29. The molecule has 0 bridgehead atoms. The summed E-state index contributed by atoms with van der Waals surface area (Å²) >= 11 is 0. The first-order valence-electron chi connectivity index (χ1n) is 5.76. The van der Waals surface area contributed by atoms with Gasteiger partial charge in [-0.25, -0.2) is 0 Å². The predicted octanol–water partition coefficient (Wildman–Crippen LogP) is 2.99. The molecule has 2 rings (SSSR count). The molecule has 92 valence electrons. The summed E-state index contributed by atoms with van der Waals surface area (Å²) in [6.45, 7) is 0.275. The molecule has 2 aromatic rings. The average molecular weight is 241 g/mol. The van der Waals surface area contributed by atoms with Crippen LogP contribution >= 0.6 is 0 Å². The Bertz CT molecular complexity index is 523. The molecule has 0 atom stereocenters. The van der Waals surface area contributed by atoms with Gasteiger partial charge in [-0.05, 0) is 24.3 Å². The van der Waals surface area contributed by atoms with Gasteiger partial charge in [0.05, 0.1) is 13.7 Å². The number of carbonyl (C=O) groups is 1. The zero-order chi connectivity index (χ0) is 12.8. The van der Waals surface area contributed by atoms with Gasteiger partial charge in [-0.15, -0.1) is 0 Å². The fourth-order valence-corrected chi connectivity index (χ4v) is 1.64. The van der Waals surface area contributed by atoms with E-state index in [0.29, 0.717) is 11.3 Å². The van der Waals surface area contributed by atoms with Gasteiger partial charge in [-0.3, -0.25) is 4.79 Å². The molecule has 0 aliphatic carbocycles. The lowest BCUT2D eigenvalue weighted by Crippen LogP contribution is -2.13. The number of nitrogens with one attached hydrogen (secondary N) is 1. The van der Waals surface area contributed by atoms with Crippen molar-refractivity contribution in [3.63, 3.8) is 0 Å². The molecule has 0 heterocycles. The molecule has 1 N–H and O–H groups in total. The van der Waals surface area contributed by atoms with E-state index in [0.717, 1.165) is 5.69 Å². The average Bonchev–Trinajstić information content (AvgIpc) is 2.46. The van der Waals surface area contributed by atoms with Crippen LogP contribution in [0.5, 0.6) is 5.75 Å². The lowest BCUT2D eigenvalue weighted by molar-refractivity contribution is 0.101. The minimum absolute atomic E-state index is 0.0396. The first-order valence-corrected chi connectivity index (χ1v) is 5.76. The number of ether oxygens (including phenoxy) is 1. The minimum atomic E-state index is 0.0396. The Morgan fingerprint density at radius 3 is 2.61 bits per heavy atom. The normalized spacial score (nSPS) is 9.83. The maximum absolute atomic E-state index is 12.0. The van der Waals surface area contributed by atoms with Crippen molar-refractivity contribution in [1.29, 1.82) is 0 Å².